The highest BCUT2D eigenvalue weighted by atomic mass is 16.2. The van der Waals surface area contributed by atoms with E-state index in [9.17, 15) is 9.59 Å². The van der Waals surface area contributed by atoms with Gasteiger partial charge in [-0.2, -0.15) is 0 Å². The van der Waals surface area contributed by atoms with Crippen molar-refractivity contribution in [2.75, 3.05) is 0 Å². The van der Waals surface area contributed by atoms with Crippen molar-refractivity contribution >= 4 is 11.9 Å². The summed E-state index contributed by atoms with van der Waals surface area (Å²) in [5.41, 5.74) is 0. The Kier molecular flexibility index (Phi) is 4.26. The zero-order valence-corrected chi connectivity index (χ0v) is 7.10. The van der Waals surface area contributed by atoms with Crippen LogP contribution in [-0.2, 0) is 4.79 Å². The molecule has 2 N–H and O–H groups in total. The second-order valence-corrected chi connectivity index (χ2v) is 2.53. The molecule has 0 aliphatic heterocycles. The molecule has 0 spiro atoms. The number of nitrogens with one attached hydrogen (secondary N) is 2. The largest absolute Gasteiger partial charge is 0.336 e. The molecule has 0 unspecified atom stereocenters. The van der Waals surface area contributed by atoms with E-state index in [2.05, 4.69) is 10.6 Å². The minimum absolute atomic E-state index is 0.0552. The topological polar surface area (TPSA) is 58.2 Å². The van der Waals surface area contributed by atoms with Crippen molar-refractivity contribution in [3.63, 3.8) is 0 Å². The molecule has 0 aromatic carbocycles. The highest BCUT2D eigenvalue weighted by Gasteiger charge is 2.04. The number of amides is 3. The molecule has 0 rings (SSSR count). The number of urea groups is 1. The molecule has 0 aliphatic rings. The van der Waals surface area contributed by atoms with E-state index in [-0.39, 0.29) is 11.9 Å². The Morgan fingerprint density at radius 2 is 1.91 bits per heavy atom. The first-order chi connectivity index (χ1) is 5.06. The van der Waals surface area contributed by atoms with Crippen LogP contribution in [0.25, 0.3) is 0 Å². The molecule has 0 aromatic rings. The highest BCUT2D eigenvalue weighted by molar-refractivity contribution is 5.94. The van der Waals surface area contributed by atoms with E-state index >= 15 is 0 Å². The Balaban J connectivity index is 3.61. The van der Waals surface area contributed by atoms with Crippen LogP contribution < -0.4 is 10.6 Å². The lowest BCUT2D eigenvalue weighted by Crippen LogP contribution is -2.42. The van der Waals surface area contributed by atoms with Crippen LogP contribution in [0.5, 0.6) is 0 Å². The van der Waals surface area contributed by atoms with E-state index in [4.69, 9.17) is 0 Å². The van der Waals surface area contributed by atoms with Gasteiger partial charge in [0, 0.05) is 12.5 Å². The maximum atomic E-state index is 10.8. The van der Waals surface area contributed by atoms with Gasteiger partial charge in [-0.1, -0.05) is 6.92 Å². The van der Waals surface area contributed by atoms with Gasteiger partial charge < -0.3 is 5.32 Å². The number of hydrogen-bond acceptors (Lipinski definition) is 2. The average Bonchev–Trinajstić information content (AvgIpc) is 1.85. The molecule has 0 heterocycles. The van der Waals surface area contributed by atoms with Gasteiger partial charge in [0.2, 0.25) is 5.91 Å². The van der Waals surface area contributed by atoms with Gasteiger partial charge in [-0.3, -0.25) is 10.1 Å². The molecule has 0 bridgehead atoms. The summed E-state index contributed by atoms with van der Waals surface area (Å²) in [4.78, 5) is 21.4. The van der Waals surface area contributed by atoms with Crippen LogP contribution in [0.15, 0.2) is 0 Å². The third-order valence-corrected chi connectivity index (χ3v) is 0.994. The second-order valence-electron chi connectivity index (χ2n) is 2.53. The lowest BCUT2D eigenvalue weighted by Gasteiger charge is -2.07. The summed E-state index contributed by atoms with van der Waals surface area (Å²) in [5, 5.41) is 4.71. The van der Waals surface area contributed by atoms with Crippen LogP contribution in [0.2, 0.25) is 0 Å². The highest BCUT2D eigenvalue weighted by Crippen LogP contribution is 1.78. The van der Waals surface area contributed by atoms with Gasteiger partial charge in [0.15, 0.2) is 0 Å². The zero-order chi connectivity index (χ0) is 8.85. The molecule has 4 heteroatoms. The lowest BCUT2D eigenvalue weighted by atomic mass is 10.4. The normalized spacial score (nSPS) is 9.45. The van der Waals surface area contributed by atoms with Gasteiger partial charge in [-0.25, -0.2) is 4.79 Å². The molecule has 0 saturated heterocycles. The zero-order valence-electron chi connectivity index (χ0n) is 7.10. The van der Waals surface area contributed by atoms with Gasteiger partial charge in [-0.15, -0.1) is 0 Å². The van der Waals surface area contributed by atoms with Gasteiger partial charge in [0.25, 0.3) is 0 Å². The van der Waals surface area contributed by atoms with Gasteiger partial charge in [-0.05, 0) is 13.8 Å². The fourth-order valence-electron chi connectivity index (χ4n) is 0.513. The second kappa shape index (κ2) is 4.71. The van der Waals surface area contributed by atoms with Gasteiger partial charge >= 0.3 is 6.03 Å². The molecule has 0 aromatic heterocycles. The maximum Gasteiger partial charge on any atom is 0.321 e. The Morgan fingerprint density at radius 1 is 1.36 bits per heavy atom. The molecular weight excluding hydrogens is 144 g/mol. The predicted molar refractivity (Wildman–Crippen MR) is 42.1 cm³/mol. The Bertz CT molecular complexity index is 155. The first kappa shape index (κ1) is 9.94. The van der Waals surface area contributed by atoms with E-state index in [0.29, 0.717) is 6.42 Å². The van der Waals surface area contributed by atoms with Crippen molar-refractivity contribution in [2.24, 2.45) is 0 Å². The first-order valence-electron chi connectivity index (χ1n) is 3.66. The molecular formula is C7H14N2O2. The van der Waals surface area contributed by atoms with Crippen LogP contribution in [-0.4, -0.2) is 18.0 Å². The maximum absolute atomic E-state index is 10.8. The predicted octanol–water partition coefficient (Wildman–Crippen LogP) is 0.631. The van der Waals surface area contributed by atoms with E-state index in [1.54, 1.807) is 6.92 Å². The summed E-state index contributed by atoms with van der Waals surface area (Å²) in [6.07, 6.45) is 0.325. The third kappa shape index (κ3) is 5.39. The van der Waals surface area contributed by atoms with Crippen molar-refractivity contribution in [1.82, 2.24) is 10.6 Å². The van der Waals surface area contributed by atoms with Crippen LogP contribution in [0.3, 0.4) is 0 Å². The fourth-order valence-corrected chi connectivity index (χ4v) is 0.513. The quantitative estimate of drug-likeness (QED) is 0.619. The molecule has 0 aliphatic carbocycles. The Labute approximate surface area is 66.4 Å². The summed E-state index contributed by atoms with van der Waals surface area (Å²) < 4.78 is 0. The third-order valence-electron chi connectivity index (χ3n) is 0.994. The van der Waals surface area contributed by atoms with E-state index in [1.807, 2.05) is 13.8 Å². The monoisotopic (exact) mass is 158 g/mol. The van der Waals surface area contributed by atoms with Crippen LogP contribution in [0, 0.1) is 0 Å². The molecule has 0 saturated carbocycles. The Morgan fingerprint density at radius 3 is 2.27 bits per heavy atom. The first-order valence-corrected chi connectivity index (χ1v) is 3.66. The molecule has 64 valence electrons. The SMILES string of the molecule is CCC(=O)NC(=O)NC(C)C. The number of carbonyl (C=O) groups is 2. The lowest BCUT2D eigenvalue weighted by molar-refractivity contribution is -0.119. The summed E-state index contributed by atoms with van der Waals surface area (Å²) >= 11 is 0. The summed E-state index contributed by atoms with van der Waals surface area (Å²) in [5.74, 6) is -0.261. The summed E-state index contributed by atoms with van der Waals surface area (Å²) in [7, 11) is 0. The van der Waals surface area contributed by atoms with E-state index in [1.165, 1.54) is 0 Å². The Hall–Kier alpha value is -1.06. The smallest absolute Gasteiger partial charge is 0.321 e. The van der Waals surface area contributed by atoms with Crippen molar-refractivity contribution in [3.8, 4) is 0 Å². The van der Waals surface area contributed by atoms with Gasteiger partial charge in [0.05, 0.1) is 0 Å². The van der Waals surface area contributed by atoms with Crippen molar-refractivity contribution in [1.29, 1.82) is 0 Å². The molecule has 0 fully saturated rings. The molecule has 11 heavy (non-hydrogen) atoms. The molecule has 0 radical (unpaired) electrons. The number of carbonyl (C=O) groups excluding carboxylic acids is 2. The number of rotatable bonds is 2. The summed E-state index contributed by atoms with van der Waals surface area (Å²) in [6, 6.07) is -0.369. The van der Waals surface area contributed by atoms with Crippen LogP contribution in [0.1, 0.15) is 27.2 Å². The van der Waals surface area contributed by atoms with Crippen molar-refractivity contribution in [2.45, 2.75) is 33.2 Å². The van der Waals surface area contributed by atoms with E-state index in [0.717, 1.165) is 0 Å². The van der Waals surface area contributed by atoms with Crippen molar-refractivity contribution < 1.29 is 9.59 Å². The van der Waals surface area contributed by atoms with E-state index < -0.39 is 6.03 Å². The van der Waals surface area contributed by atoms with Gasteiger partial charge in [0.1, 0.15) is 0 Å². The average molecular weight is 158 g/mol. The fraction of sp³-hybridized carbons (Fsp3) is 0.714. The molecule has 3 amide bonds. The van der Waals surface area contributed by atoms with Crippen LogP contribution in [0.4, 0.5) is 4.79 Å². The van der Waals surface area contributed by atoms with Crippen LogP contribution >= 0.6 is 0 Å². The minimum atomic E-state index is -0.424. The minimum Gasteiger partial charge on any atom is -0.336 e. The summed E-state index contributed by atoms with van der Waals surface area (Å²) in [6.45, 7) is 5.35. The molecule has 4 nitrogen and oxygen atoms in total. The number of hydrogen-bond donors (Lipinski definition) is 2. The molecule has 0 atom stereocenters. The number of imide groups is 1. The standard InChI is InChI=1S/C7H14N2O2/c1-4-6(10)9-7(11)8-5(2)3/h5H,4H2,1-3H3,(H2,8,9,10,11). The van der Waals surface area contributed by atoms with Crippen molar-refractivity contribution in [3.05, 3.63) is 0 Å².